The number of pyridine rings is 1. The summed E-state index contributed by atoms with van der Waals surface area (Å²) in [5, 5.41) is 4.40. The summed E-state index contributed by atoms with van der Waals surface area (Å²) in [6, 6.07) is 2.72. The Hall–Kier alpha value is -3.22. The van der Waals surface area contributed by atoms with Crippen LogP contribution < -0.4 is 24.8 Å². The second-order valence-corrected chi connectivity index (χ2v) is 6.60. The largest absolute Gasteiger partial charge is 0.481 e. The van der Waals surface area contributed by atoms with Gasteiger partial charge >= 0.3 is 6.03 Å². The summed E-state index contributed by atoms with van der Waals surface area (Å²) in [5.41, 5.74) is 0. The van der Waals surface area contributed by atoms with E-state index in [2.05, 4.69) is 25.6 Å². The molecule has 0 aliphatic carbocycles. The number of carbonyl (C=O) groups is 1. The van der Waals surface area contributed by atoms with Gasteiger partial charge in [0.15, 0.2) is 6.30 Å². The molecule has 11 nitrogen and oxygen atoms in total. The standard InChI is InChI=1S/C14H17FN6O5S/c1-8(15)17-12-9(5-4-6-16-12)27(23,24)21-14(22)20-13-18-10(25-2)7-11(19-13)26-3/h4-8H,1-3H3,(H,16,17)(H2,18,19,20,21,22). The van der Waals surface area contributed by atoms with Crippen molar-refractivity contribution in [3.05, 3.63) is 24.4 Å². The summed E-state index contributed by atoms with van der Waals surface area (Å²) in [7, 11) is -1.67. The van der Waals surface area contributed by atoms with Crippen molar-refractivity contribution < 1.29 is 27.1 Å². The molecule has 3 N–H and O–H groups in total. The Morgan fingerprint density at radius 3 is 2.41 bits per heavy atom. The van der Waals surface area contributed by atoms with Crippen LogP contribution in [0.3, 0.4) is 0 Å². The molecule has 27 heavy (non-hydrogen) atoms. The number of halogens is 1. The quantitative estimate of drug-likeness (QED) is 0.582. The van der Waals surface area contributed by atoms with Crippen LogP contribution in [-0.2, 0) is 10.0 Å². The van der Waals surface area contributed by atoms with Crippen LogP contribution >= 0.6 is 0 Å². The lowest BCUT2D eigenvalue weighted by atomic mass is 10.4. The number of nitrogens with one attached hydrogen (secondary N) is 3. The zero-order valence-electron chi connectivity index (χ0n) is 14.6. The van der Waals surface area contributed by atoms with Gasteiger partial charge < -0.3 is 14.8 Å². The van der Waals surface area contributed by atoms with Gasteiger partial charge in [-0.25, -0.2) is 27.3 Å². The molecule has 13 heteroatoms. The molecule has 0 fully saturated rings. The van der Waals surface area contributed by atoms with E-state index in [0.717, 1.165) is 0 Å². The molecule has 0 aliphatic heterocycles. The predicted octanol–water partition coefficient (Wildman–Crippen LogP) is 1.13. The minimum Gasteiger partial charge on any atom is -0.481 e. The normalized spacial score (nSPS) is 12.0. The van der Waals surface area contributed by atoms with E-state index in [-0.39, 0.29) is 23.5 Å². The van der Waals surface area contributed by atoms with E-state index >= 15 is 0 Å². The summed E-state index contributed by atoms with van der Waals surface area (Å²) < 4.78 is 49.6. The maximum absolute atomic E-state index is 13.2. The monoisotopic (exact) mass is 400 g/mol. The molecular weight excluding hydrogens is 383 g/mol. The zero-order chi connectivity index (χ0) is 20.0. The third kappa shape index (κ3) is 5.37. The van der Waals surface area contributed by atoms with Gasteiger partial charge in [-0.15, -0.1) is 0 Å². The number of ether oxygens (including phenoxy) is 2. The number of alkyl halides is 1. The molecule has 2 heterocycles. The van der Waals surface area contributed by atoms with Crippen molar-refractivity contribution in [1.82, 2.24) is 19.7 Å². The zero-order valence-corrected chi connectivity index (χ0v) is 15.4. The van der Waals surface area contributed by atoms with Crippen molar-refractivity contribution in [3.63, 3.8) is 0 Å². The van der Waals surface area contributed by atoms with Crippen molar-refractivity contribution in [2.24, 2.45) is 0 Å². The number of urea groups is 1. The number of rotatable bonds is 7. The van der Waals surface area contributed by atoms with E-state index in [4.69, 9.17) is 9.47 Å². The van der Waals surface area contributed by atoms with Gasteiger partial charge in [-0.1, -0.05) is 0 Å². The van der Waals surface area contributed by atoms with Crippen LogP contribution in [0.1, 0.15) is 6.92 Å². The lowest BCUT2D eigenvalue weighted by molar-refractivity contribution is 0.256. The van der Waals surface area contributed by atoms with E-state index in [1.807, 2.05) is 0 Å². The molecular formula is C14H17FN6O5S. The molecule has 146 valence electrons. The van der Waals surface area contributed by atoms with Crippen molar-refractivity contribution >= 4 is 27.8 Å². The summed E-state index contributed by atoms with van der Waals surface area (Å²) in [4.78, 5) is 23.1. The topological polar surface area (TPSA) is 144 Å². The highest BCUT2D eigenvalue weighted by atomic mass is 32.2. The van der Waals surface area contributed by atoms with Crippen LogP contribution in [0.25, 0.3) is 0 Å². The number of anilines is 2. The molecule has 0 spiro atoms. The maximum Gasteiger partial charge on any atom is 0.335 e. The van der Waals surface area contributed by atoms with Crippen LogP contribution in [0.15, 0.2) is 29.3 Å². The van der Waals surface area contributed by atoms with Gasteiger partial charge in [0.25, 0.3) is 10.0 Å². The summed E-state index contributed by atoms with van der Waals surface area (Å²) in [6.07, 6.45) is -0.277. The molecule has 0 aliphatic rings. The van der Waals surface area contributed by atoms with Crippen molar-refractivity contribution in [1.29, 1.82) is 0 Å². The van der Waals surface area contributed by atoms with E-state index in [0.29, 0.717) is 0 Å². The lowest BCUT2D eigenvalue weighted by Crippen LogP contribution is -2.35. The average molecular weight is 400 g/mol. The molecule has 2 aromatic heterocycles. The van der Waals surface area contributed by atoms with Gasteiger partial charge in [0.2, 0.25) is 17.7 Å². The van der Waals surface area contributed by atoms with E-state index in [1.54, 1.807) is 4.72 Å². The number of hydrogen-bond donors (Lipinski definition) is 3. The minimum absolute atomic E-state index is 0.0932. The summed E-state index contributed by atoms with van der Waals surface area (Å²) in [6.45, 7) is 1.17. The Kier molecular flexibility index (Phi) is 6.28. The fraction of sp³-hybridized carbons (Fsp3) is 0.286. The molecule has 0 bridgehead atoms. The minimum atomic E-state index is -4.36. The first-order chi connectivity index (χ1) is 12.7. The second-order valence-electron chi connectivity index (χ2n) is 4.95. The Morgan fingerprint density at radius 1 is 1.22 bits per heavy atom. The number of carbonyl (C=O) groups excluding carboxylic acids is 1. The Labute approximate surface area is 154 Å². The number of methoxy groups -OCH3 is 2. The fourth-order valence-electron chi connectivity index (χ4n) is 1.88. The van der Waals surface area contributed by atoms with Crippen LogP contribution in [0, 0.1) is 0 Å². The lowest BCUT2D eigenvalue weighted by Gasteiger charge is -2.13. The Morgan fingerprint density at radius 2 is 1.85 bits per heavy atom. The average Bonchev–Trinajstić information content (AvgIpc) is 2.60. The third-order valence-corrected chi connectivity index (χ3v) is 4.31. The van der Waals surface area contributed by atoms with Gasteiger partial charge in [-0.05, 0) is 19.1 Å². The molecule has 0 saturated heterocycles. The number of aromatic nitrogens is 3. The molecule has 2 rings (SSSR count). The molecule has 2 amide bonds. The number of nitrogens with zero attached hydrogens (tertiary/aromatic N) is 3. The highest BCUT2D eigenvalue weighted by Gasteiger charge is 2.23. The number of hydrogen-bond acceptors (Lipinski definition) is 9. The third-order valence-electron chi connectivity index (χ3n) is 2.95. The van der Waals surface area contributed by atoms with E-state index in [1.165, 1.54) is 45.5 Å². The molecule has 2 aromatic rings. The smallest absolute Gasteiger partial charge is 0.335 e. The Bertz CT molecular complexity index is 902. The van der Waals surface area contributed by atoms with E-state index < -0.39 is 27.2 Å². The van der Waals surface area contributed by atoms with Crippen LogP contribution in [-0.4, -0.2) is 49.9 Å². The van der Waals surface area contributed by atoms with Crippen LogP contribution in [0.4, 0.5) is 21.0 Å². The SMILES string of the molecule is COc1cc(OC)nc(NC(=O)NS(=O)(=O)c2cccnc2NC(C)F)n1. The molecule has 0 aromatic carbocycles. The molecule has 1 unspecified atom stereocenters. The van der Waals surface area contributed by atoms with Crippen LogP contribution in [0.5, 0.6) is 11.8 Å². The van der Waals surface area contributed by atoms with Gasteiger partial charge in [-0.2, -0.15) is 9.97 Å². The van der Waals surface area contributed by atoms with Crippen LogP contribution in [0.2, 0.25) is 0 Å². The fourth-order valence-corrected chi connectivity index (χ4v) is 2.91. The highest BCUT2D eigenvalue weighted by molar-refractivity contribution is 7.90. The predicted molar refractivity (Wildman–Crippen MR) is 92.9 cm³/mol. The van der Waals surface area contributed by atoms with E-state index in [9.17, 15) is 17.6 Å². The van der Waals surface area contributed by atoms with Gasteiger partial charge in [0.1, 0.15) is 10.7 Å². The van der Waals surface area contributed by atoms with Gasteiger partial charge in [-0.3, -0.25) is 5.32 Å². The van der Waals surface area contributed by atoms with Gasteiger partial charge in [0, 0.05) is 6.20 Å². The van der Waals surface area contributed by atoms with Crippen molar-refractivity contribution in [2.45, 2.75) is 18.1 Å². The first kappa shape index (κ1) is 20.1. The number of sulfonamides is 1. The maximum atomic E-state index is 13.2. The highest BCUT2D eigenvalue weighted by Crippen LogP contribution is 2.20. The number of amides is 2. The molecule has 1 atom stereocenters. The summed E-state index contributed by atoms with van der Waals surface area (Å²) >= 11 is 0. The first-order valence-corrected chi connectivity index (χ1v) is 8.90. The second kappa shape index (κ2) is 8.44. The van der Waals surface area contributed by atoms with Gasteiger partial charge in [0.05, 0.1) is 20.3 Å². The summed E-state index contributed by atoms with van der Waals surface area (Å²) in [5.74, 6) is -0.306. The van der Waals surface area contributed by atoms with Crippen molar-refractivity contribution in [2.75, 3.05) is 24.9 Å². The Balaban J connectivity index is 2.20. The first-order valence-electron chi connectivity index (χ1n) is 7.41. The molecule has 0 saturated carbocycles. The molecule has 0 radical (unpaired) electrons. The van der Waals surface area contributed by atoms with Crippen molar-refractivity contribution in [3.8, 4) is 11.8 Å².